The predicted octanol–water partition coefficient (Wildman–Crippen LogP) is 1.56. The number of benzene rings is 1. The number of nitrogens with two attached hydrogens (primary N) is 1. The Labute approximate surface area is 115 Å². The molecule has 1 unspecified atom stereocenters. The molecule has 0 saturated carbocycles. The van der Waals surface area contributed by atoms with Crippen LogP contribution in [0.15, 0.2) is 22.7 Å². The number of anilines is 1. The molecule has 0 aromatic heterocycles. The number of hydrogen-bond donors (Lipinski definition) is 2. The van der Waals surface area contributed by atoms with E-state index < -0.39 is 6.10 Å². The molecule has 1 aromatic carbocycles. The lowest BCUT2D eigenvalue weighted by molar-refractivity contribution is -0.127. The molecule has 100 valence electrons. The second kappa shape index (κ2) is 7.23. The minimum absolute atomic E-state index is 0.200. The Hall–Kier alpha value is -1.27. The van der Waals surface area contributed by atoms with Crippen molar-refractivity contribution in [2.75, 3.05) is 26.0 Å². The number of nitrogens with one attached hydrogen (secondary N) is 1. The number of ether oxygens (including phenoxy) is 2. The van der Waals surface area contributed by atoms with Crippen LogP contribution < -0.4 is 15.8 Å². The fraction of sp³-hybridized carbons (Fsp3) is 0.417. The molecule has 0 aliphatic carbocycles. The molecule has 0 bridgehead atoms. The van der Waals surface area contributed by atoms with Crippen molar-refractivity contribution in [3.8, 4) is 5.75 Å². The number of rotatable bonds is 6. The molecular formula is C12H17BrN2O3. The summed E-state index contributed by atoms with van der Waals surface area (Å²) in [6.45, 7) is 2.60. The third-order valence-electron chi connectivity index (χ3n) is 2.25. The second-order valence-corrected chi connectivity index (χ2v) is 4.64. The van der Waals surface area contributed by atoms with Gasteiger partial charge in [-0.2, -0.15) is 0 Å². The number of hydrogen-bond acceptors (Lipinski definition) is 4. The van der Waals surface area contributed by atoms with Gasteiger partial charge in [0, 0.05) is 18.1 Å². The molecule has 0 saturated heterocycles. The number of methoxy groups -OCH3 is 1. The zero-order valence-electron chi connectivity index (χ0n) is 10.4. The monoisotopic (exact) mass is 316 g/mol. The lowest BCUT2D eigenvalue weighted by Crippen LogP contribution is -2.38. The summed E-state index contributed by atoms with van der Waals surface area (Å²) in [5, 5.41) is 2.70. The van der Waals surface area contributed by atoms with Crippen LogP contribution in [0.5, 0.6) is 5.75 Å². The first-order valence-electron chi connectivity index (χ1n) is 5.53. The molecule has 0 heterocycles. The van der Waals surface area contributed by atoms with Crippen LogP contribution in [-0.4, -0.2) is 32.3 Å². The van der Waals surface area contributed by atoms with Crippen molar-refractivity contribution in [3.05, 3.63) is 22.7 Å². The summed E-state index contributed by atoms with van der Waals surface area (Å²) in [5.74, 6) is 0.293. The number of carbonyl (C=O) groups is 1. The molecule has 0 fully saturated rings. The van der Waals surface area contributed by atoms with Crippen molar-refractivity contribution < 1.29 is 14.3 Å². The fourth-order valence-corrected chi connectivity index (χ4v) is 1.67. The quantitative estimate of drug-likeness (QED) is 0.617. The maximum absolute atomic E-state index is 11.7. The van der Waals surface area contributed by atoms with Crippen molar-refractivity contribution in [2.45, 2.75) is 13.0 Å². The average Bonchev–Trinajstić information content (AvgIpc) is 2.32. The van der Waals surface area contributed by atoms with Gasteiger partial charge in [0.1, 0.15) is 5.75 Å². The Balaban J connectivity index is 2.53. The molecule has 5 nitrogen and oxygen atoms in total. The molecule has 0 radical (unpaired) electrons. The second-order valence-electron chi connectivity index (χ2n) is 3.73. The van der Waals surface area contributed by atoms with Gasteiger partial charge in [-0.3, -0.25) is 4.79 Å². The molecular weight excluding hydrogens is 300 g/mol. The maximum Gasteiger partial charge on any atom is 0.260 e. The van der Waals surface area contributed by atoms with Gasteiger partial charge in [-0.25, -0.2) is 0 Å². The molecule has 1 amide bonds. The summed E-state index contributed by atoms with van der Waals surface area (Å²) in [4.78, 5) is 11.7. The highest BCUT2D eigenvalue weighted by molar-refractivity contribution is 9.10. The third kappa shape index (κ3) is 4.54. The maximum atomic E-state index is 11.7. The standard InChI is InChI=1S/C12H17BrN2O3/c1-8(12(16)15-5-6-17-2)18-11-4-3-9(13)7-10(11)14/h3-4,7-8H,5-6,14H2,1-2H3,(H,15,16). The molecule has 1 atom stereocenters. The summed E-state index contributed by atoms with van der Waals surface area (Å²) in [5.41, 5.74) is 6.27. The van der Waals surface area contributed by atoms with E-state index in [2.05, 4.69) is 21.2 Å². The smallest absolute Gasteiger partial charge is 0.260 e. The van der Waals surface area contributed by atoms with Crippen LogP contribution in [0.1, 0.15) is 6.92 Å². The van der Waals surface area contributed by atoms with Crippen LogP contribution in [0.25, 0.3) is 0 Å². The zero-order valence-corrected chi connectivity index (χ0v) is 12.0. The van der Waals surface area contributed by atoms with Crippen molar-refractivity contribution in [3.63, 3.8) is 0 Å². The van der Waals surface area contributed by atoms with Gasteiger partial charge in [-0.1, -0.05) is 15.9 Å². The van der Waals surface area contributed by atoms with E-state index in [1.54, 1.807) is 32.2 Å². The van der Waals surface area contributed by atoms with Gasteiger partial charge in [0.2, 0.25) is 0 Å². The Morgan fingerprint density at radius 2 is 2.28 bits per heavy atom. The van der Waals surface area contributed by atoms with Gasteiger partial charge in [-0.15, -0.1) is 0 Å². The Bertz CT molecular complexity index is 412. The normalized spacial score (nSPS) is 11.9. The first-order valence-corrected chi connectivity index (χ1v) is 6.32. The van der Waals surface area contributed by atoms with Crippen LogP contribution >= 0.6 is 15.9 Å². The first kappa shape index (κ1) is 14.8. The van der Waals surface area contributed by atoms with E-state index in [4.69, 9.17) is 15.2 Å². The minimum Gasteiger partial charge on any atom is -0.479 e. The Kier molecular flexibility index (Phi) is 5.94. The van der Waals surface area contributed by atoms with Gasteiger partial charge < -0.3 is 20.5 Å². The van der Waals surface area contributed by atoms with Gasteiger partial charge in [-0.05, 0) is 25.1 Å². The molecule has 3 N–H and O–H groups in total. The summed E-state index contributed by atoms with van der Waals surface area (Å²) >= 11 is 3.30. The molecule has 0 spiro atoms. The van der Waals surface area contributed by atoms with Crippen molar-refractivity contribution in [1.29, 1.82) is 0 Å². The van der Waals surface area contributed by atoms with E-state index >= 15 is 0 Å². The van der Waals surface area contributed by atoms with E-state index in [1.165, 1.54) is 0 Å². The molecule has 0 aliphatic rings. The van der Waals surface area contributed by atoms with E-state index in [0.29, 0.717) is 24.6 Å². The predicted molar refractivity (Wildman–Crippen MR) is 73.5 cm³/mol. The van der Waals surface area contributed by atoms with Gasteiger partial charge in [0.25, 0.3) is 5.91 Å². The number of nitrogen functional groups attached to an aromatic ring is 1. The van der Waals surface area contributed by atoms with Crippen LogP contribution in [0.3, 0.4) is 0 Å². The highest BCUT2D eigenvalue weighted by atomic mass is 79.9. The van der Waals surface area contributed by atoms with E-state index in [-0.39, 0.29) is 5.91 Å². The number of halogens is 1. The minimum atomic E-state index is -0.606. The zero-order chi connectivity index (χ0) is 13.5. The SMILES string of the molecule is COCCNC(=O)C(C)Oc1ccc(Br)cc1N. The van der Waals surface area contributed by atoms with Crippen LogP contribution in [0.2, 0.25) is 0 Å². The first-order chi connectivity index (χ1) is 8.54. The van der Waals surface area contributed by atoms with E-state index in [9.17, 15) is 4.79 Å². The van der Waals surface area contributed by atoms with Crippen LogP contribution in [-0.2, 0) is 9.53 Å². The molecule has 1 aromatic rings. The van der Waals surface area contributed by atoms with Gasteiger partial charge >= 0.3 is 0 Å². The Morgan fingerprint density at radius 1 is 1.56 bits per heavy atom. The summed E-state index contributed by atoms with van der Waals surface area (Å²) in [6, 6.07) is 5.25. The van der Waals surface area contributed by atoms with Crippen LogP contribution in [0.4, 0.5) is 5.69 Å². The summed E-state index contributed by atoms with van der Waals surface area (Å²) in [6.07, 6.45) is -0.606. The Morgan fingerprint density at radius 3 is 2.89 bits per heavy atom. The largest absolute Gasteiger partial charge is 0.479 e. The summed E-state index contributed by atoms with van der Waals surface area (Å²) in [7, 11) is 1.58. The van der Waals surface area contributed by atoms with Gasteiger partial charge in [0.15, 0.2) is 6.10 Å². The van der Waals surface area contributed by atoms with E-state index in [0.717, 1.165) is 4.47 Å². The van der Waals surface area contributed by atoms with E-state index in [1.807, 2.05) is 0 Å². The molecule has 6 heteroatoms. The molecule has 1 rings (SSSR count). The highest BCUT2D eigenvalue weighted by Gasteiger charge is 2.15. The van der Waals surface area contributed by atoms with Crippen LogP contribution in [0, 0.1) is 0 Å². The van der Waals surface area contributed by atoms with Gasteiger partial charge in [0.05, 0.1) is 12.3 Å². The molecule has 18 heavy (non-hydrogen) atoms. The fourth-order valence-electron chi connectivity index (χ4n) is 1.29. The van der Waals surface area contributed by atoms with Crippen molar-refractivity contribution in [2.24, 2.45) is 0 Å². The lowest BCUT2D eigenvalue weighted by Gasteiger charge is -2.16. The lowest BCUT2D eigenvalue weighted by atomic mass is 10.3. The summed E-state index contributed by atoms with van der Waals surface area (Å²) < 4.78 is 11.2. The molecule has 0 aliphatic heterocycles. The van der Waals surface area contributed by atoms with Crippen molar-refractivity contribution >= 4 is 27.5 Å². The number of carbonyl (C=O) groups excluding carboxylic acids is 1. The van der Waals surface area contributed by atoms with Crippen molar-refractivity contribution in [1.82, 2.24) is 5.32 Å². The third-order valence-corrected chi connectivity index (χ3v) is 2.74. The highest BCUT2D eigenvalue weighted by Crippen LogP contribution is 2.26. The average molecular weight is 317 g/mol. The number of amides is 1. The topological polar surface area (TPSA) is 73.6 Å².